The van der Waals surface area contributed by atoms with Gasteiger partial charge in [0, 0.05) is 11.8 Å². The lowest BCUT2D eigenvalue weighted by Gasteiger charge is -2.18. The summed E-state index contributed by atoms with van der Waals surface area (Å²) in [5.74, 6) is -0.0765. The van der Waals surface area contributed by atoms with E-state index in [0.29, 0.717) is 24.5 Å². The Kier molecular flexibility index (Phi) is 5.97. The number of carbonyl (C=O) groups is 1. The van der Waals surface area contributed by atoms with Gasteiger partial charge < -0.3 is 14.8 Å². The van der Waals surface area contributed by atoms with Gasteiger partial charge in [-0.05, 0) is 37.6 Å². The third kappa shape index (κ3) is 4.71. The molecule has 0 heterocycles. The molecule has 0 spiro atoms. The minimum absolute atomic E-state index is 0.0672. The molecule has 1 atom stereocenters. The molecule has 0 radical (unpaired) electrons. The first-order chi connectivity index (χ1) is 11.1. The molecular formula is C18H20FNO3. The predicted molar refractivity (Wildman–Crippen MR) is 87.3 cm³/mol. The van der Waals surface area contributed by atoms with Gasteiger partial charge in [0.2, 0.25) is 0 Å². The topological polar surface area (TPSA) is 47.6 Å². The minimum Gasteiger partial charge on any atom is -0.494 e. The van der Waals surface area contributed by atoms with Gasteiger partial charge in [0.05, 0.1) is 6.61 Å². The number of halogens is 1. The van der Waals surface area contributed by atoms with Crippen molar-refractivity contribution in [3.05, 3.63) is 54.3 Å². The Hall–Kier alpha value is -2.56. The van der Waals surface area contributed by atoms with Crippen LogP contribution in [0.2, 0.25) is 0 Å². The van der Waals surface area contributed by atoms with Crippen LogP contribution in [0.25, 0.3) is 0 Å². The summed E-state index contributed by atoms with van der Waals surface area (Å²) in [4.78, 5) is 12.3. The number of hydrogen-bond donors (Lipinski definition) is 1. The van der Waals surface area contributed by atoms with E-state index in [9.17, 15) is 9.18 Å². The summed E-state index contributed by atoms with van der Waals surface area (Å²) in [5.41, 5.74) is 0.608. The number of hydrogen-bond acceptors (Lipinski definition) is 3. The molecule has 4 nitrogen and oxygen atoms in total. The predicted octanol–water partition coefficient (Wildman–Crippen LogP) is 4.02. The Labute approximate surface area is 135 Å². The summed E-state index contributed by atoms with van der Waals surface area (Å²) in [6.07, 6.45) is -0.353. The van der Waals surface area contributed by atoms with Gasteiger partial charge in [0.1, 0.15) is 5.75 Å². The second kappa shape index (κ2) is 8.17. The Morgan fingerprint density at radius 3 is 2.65 bits per heavy atom. The van der Waals surface area contributed by atoms with Crippen LogP contribution in [0.3, 0.4) is 0 Å². The van der Waals surface area contributed by atoms with Crippen molar-refractivity contribution in [3.8, 4) is 11.5 Å². The zero-order valence-electron chi connectivity index (χ0n) is 13.2. The molecule has 2 aromatic carbocycles. The van der Waals surface area contributed by atoms with Gasteiger partial charge in [-0.25, -0.2) is 4.39 Å². The van der Waals surface area contributed by atoms with E-state index < -0.39 is 11.9 Å². The lowest BCUT2D eigenvalue weighted by atomic mass is 10.2. The number of nitrogens with one attached hydrogen (secondary N) is 1. The molecule has 1 N–H and O–H groups in total. The molecule has 0 fully saturated rings. The molecule has 0 unspecified atom stereocenters. The van der Waals surface area contributed by atoms with E-state index >= 15 is 0 Å². The lowest BCUT2D eigenvalue weighted by molar-refractivity contribution is -0.122. The monoisotopic (exact) mass is 317 g/mol. The highest BCUT2D eigenvalue weighted by Crippen LogP contribution is 2.20. The molecule has 0 bridgehead atoms. The van der Waals surface area contributed by atoms with Crippen LogP contribution < -0.4 is 14.8 Å². The zero-order valence-corrected chi connectivity index (χ0v) is 13.2. The third-order valence-electron chi connectivity index (χ3n) is 3.18. The van der Waals surface area contributed by atoms with Gasteiger partial charge in [0.15, 0.2) is 17.7 Å². The number of para-hydroxylation sites is 1. The molecule has 0 saturated carbocycles. The van der Waals surface area contributed by atoms with Gasteiger partial charge in [-0.3, -0.25) is 4.79 Å². The fraction of sp³-hybridized carbons (Fsp3) is 0.278. The lowest BCUT2D eigenvalue weighted by Crippen LogP contribution is -2.32. The van der Waals surface area contributed by atoms with Crippen LogP contribution in [0.1, 0.15) is 20.3 Å². The Balaban J connectivity index is 2.05. The average molecular weight is 317 g/mol. The normalized spacial score (nSPS) is 11.6. The van der Waals surface area contributed by atoms with Gasteiger partial charge in [0.25, 0.3) is 5.91 Å². The highest BCUT2D eigenvalue weighted by Gasteiger charge is 2.20. The van der Waals surface area contributed by atoms with Crippen molar-refractivity contribution in [2.45, 2.75) is 26.4 Å². The largest absolute Gasteiger partial charge is 0.494 e. The van der Waals surface area contributed by atoms with Crippen molar-refractivity contribution in [1.82, 2.24) is 0 Å². The maximum absolute atomic E-state index is 13.6. The molecular weight excluding hydrogens is 297 g/mol. The van der Waals surface area contributed by atoms with E-state index in [1.165, 1.54) is 12.1 Å². The molecule has 5 heteroatoms. The SMILES string of the molecule is CCOc1cccc(NC(=O)[C@@H](CC)Oc2ccccc2F)c1. The van der Waals surface area contributed by atoms with Crippen molar-refractivity contribution < 1.29 is 18.7 Å². The molecule has 122 valence electrons. The number of rotatable bonds is 7. The molecule has 0 aromatic heterocycles. The third-order valence-corrected chi connectivity index (χ3v) is 3.18. The molecule has 2 rings (SSSR count). The molecule has 0 aliphatic carbocycles. The molecule has 0 aliphatic rings. The quantitative estimate of drug-likeness (QED) is 0.839. The highest BCUT2D eigenvalue weighted by molar-refractivity contribution is 5.94. The molecule has 1 amide bonds. The van der Waals surface area contributed by atoms with Crippen molar-refractivity contribution >= 4 is 11.6 Å². The summed E-state index contributed by atoms with van der Waals surface area (Å²) < 4.78 is 24.5. The number of carbonyl (C=O) groups excluding carboxylic acids is 1. The average Bonchev–Trinajstić information content (AvgIpc) is 2.54. The fourth-order valence-electron chi connectivity index (χ4n) is 2.07. The van der Waals surface area contributed by atoms with Crippen molar-refractivity contribution in [3.63, 3.8) is 0 Å². The minimum atomic E-state index is -0.775. The molecule has 0 aliphatic heterocycles. The van der Waals surface area contributed by atoms with Crippen LogP contribution in [0.15, 0.2) is 48.5 Å². The fourth-order valence-corrected chi connectivity index (χ4v) is 2.07. The van der Waals surface area contributed by atoms with Crippen LogP contribution in [-0.4, -0.2) is 18.6 Å². The van der Waals surface area contributed by atoms with Crippen LogP contribution in [-0.2, 0) is 4.79 Å². The van der Waals surface area contributed by atoms with Crippen LogP contribution in [0.5, 0.6) is 11.5 Å². The summed E-state index contributed by atoms with van der Waals surface area (Å²) in [7, 11) is 0. The van der Waals surface area contributed by atoms with Crippen LogP contribution in [0.4, 0.5) is 10.1 Å². The zero-order chi connectivity index (χ0) is 16.7. The van der Waals surface area contributed by atoms with Crippen molar-refractivity contribution in [2.24, 2.45) is 0 Å². The van der Waals surface area contributed by atoms with E-state index in [0.717, 1.165) is 0 Å². The Morgan fingerprint density at radius 2 is 1.96 bits per heavy atom. The number of benzene rings is 2. The number of anilines is 1. The molecule has 0 saturated heterocycles. The van der Waals surface area contributed by atoms with Crippen LogP contribution in [0, 0.1) is 5.82 Å². The highest BCUT2D eigenvalue weighted by atomic mass is 19.1. The van der Waals surface area contributed by atoms with Gasteiger partial charge >= 0.3 is 0 Å². The van der Waals surface area contributed by atoms with Crippen molar-refractivity contribution in [2.75, 3.05) is 11.9 Å². The summed E-state index contributed by atoms with van der Waals surface area (Å²) in [6.45, 7) is 4.24. The molecule has 2 aromatic rings. The standard InChI is InChI=1S/C18H20FNO3/c1-3-16(23-17-11-6-5-10-15(17)19)18(21)20-13-8-7-9-14(12-13)22-4-2/h5-12,16H,3-4H2,1-2H3,(H,20,21)/t16-/m1/s1. The second-order valence-corrected chi connectivity index (χ2v) is 4.90. The van der Waals surface area contributed by atoms with E-state index in [1.807, 2.05) is 19.9 Å². The summed E-state index contributed by atoms with van der Waals surface area (Å²) in [5, 5.41) is 2.77. The van der Waals surface area contributed by atoms with E-state index in [1.54, 1.807) is 30.3 Å². The first-order valence-electron chi connectivity index (χ1n) is 7.59. The van der Waals surface area contributed by atoms with E-state index in [2.05, 4.69) is 5.32 Å². The maximum atomic E-state index is 13.6. The first kappa shape index (κ1) is 16.8. The smallest absolute Gasteiger partial charge is 0.265 e. The van der Waals surface area contributed by atoms with E-state index in [-0.39, 0.29) is 11.7 Å². The van der Waals surface area contributed by atoms with Gasteiger partial charge in [-0.15, -0.1) is 0 Å². The Bertz CT molecular complexity index is 660. The number of ether oxygens (including phenoxy) is 2. The van der Waals surface area contributed by atoms with Crippen molar-refractivity contribution in [1.29, 1.82) is 0 Å². The van der Waals surface area contributed by atoms with E-state index in [4.69, 9.17) is 9.47 Å². The summed E-state index contributed by atoms with van der Waals surface area (Å²) >= 11 is 0. The summed E-state index contributed by atoms with van der Waals surface area (Å²) in [6, 6.07) is 13.1. The Morgan fingerprint density at radius 1 is 1.17 bits per heavy atom. The van der Waals surface area contributed by atoms with Gasteiger partial charge in [-0.2, -0.15) is 0 Å². The maximum Gasteiger partial charge on any atom is 0.265 e. The first-order valence-corrected chi connectivity index (χ1v) is 7.59. The number of amides is 1. The van der Waals surface area contributed by atoms with Gasteiger partial charge in [-0.1, -0.05) is 25.1 Å². The second-order valence-electron chi connectivity index (χ2n) is 4.90. The van der Waals surface area contributed by atoms with Crippen LogP contribution >= 0.6 is 0 Å². The molecule has 23 heavy (non-hydrogen) atoms.